The minimum atomic E-state index is -0.362. The van der Waals surface area contributed by atoms with Gasteiger partial charge in [-0.05, 0) is 86.4 Å². The van der Waals surface area contributed by atoms with Crippen molar-refractivity contribution in [3.63, 3.8) is 0 Å². The lowest BCUT2D eigenvalue weighted by atomic mass is 9.89. The van der Waals surface area contributed by atoms with Crippen molar-refractivity contribution in [2.75, 3.05) is 13.1 Å². The predicted molar refractivity (Wildman–Crippen MR) is 115 cm³/mol. The molecule has 2 aliphatic rings. The number of aryl methyl sites for hydroxylation is 2. The first kappa shape index (κ1) is 20.6. The van der Waals surface area contributed by atoms with Crippen LogP contribution in [-0.2, 0) is 17.6 Å². The van der Waals surface area contributed by atoms with E-state index in [1.165, 1.54) is 48.2 Å². The third kappa shape index (κ3) is 4.55. The summed E-state index contributed by atoms with van der Waals surface area (Å²) in [6.07, 6.45) is 6.32. The molecule has 4 nitrogen and oxygen atoms in total. The van der Waals surface area contributed by atoms with E-state index in [-0.39, 0.29) is 29.6 Å². The van der Waals surface area contributed by atoms with Crippen LogP contribution in [0.4, 0.5) is 4.39 Å². The standard InChI is InChI=1S/C25H29FN2O2/c1-17(20-9-8-18-5-2-3-6-21(18)15-20)27-24(29)22-7-4-14-28(16-22)25(30)19-10-12-23(26)13-11-19/h8-13,15,17,22H,2-7,14,16H2,1H3,(H,27,29). The molecular formula is C25H29FN2O2. The SMILES string of the molecule is CC(NC(=O)C1CCCN(C(=O)c2ccc(F)cc2)C1)c1ccc2c(c1)CCCC2. The smallest absolute Gasteiger partial charge is 0.253 e. The number of hydrogen-bond acceptors (Lipinski definition) is 2. The van der Waals surface area contributed by atoms with E-state index in [9.17, 15) is 14.0 Å². The van der Waals surface area contributed by atoms with Crippen LogP contribution in [0.1, 0.15) is 65.7 Å². The third-order valence-electron chi connectivity index (χ3n) is 6.40. The van der Waals surface area contributed by atoms with Gasteiger partial charge in [0.25, 0.3) is 5.91 Å². The molecule has 0 saturated carbocycles. The summed E-state index contributed by atoms with van der Waals surface area (Å²) in [6, 6.07) is 12.1. The summed E-state index contributed by atoms with van der Waals surface area (Å²) >= 11 is 0. The number of likely N-dealkylation sites (tertiary alicyclic amines) is 1. The zero-order chi connectivity index (χ0) is 21.1. The molecule has 158 valence electrons. The van der Waals surface area contributed by atoms with Gasteiger partial charge < -0.3 is 10.2 Å². The van der Waals surface area contributed by atoms with E-state index in [2.05, 4.69) is 23.5 Å². The van der Waals surface area contributed by atoms with E-state index in [4.69, 9.17) is 0 Å². The van der Waals surface area contributed by atoms with Gasteiger partial charge in [0, 0.05) is 18.7 Å². The Bertz CT molecular complexity index is 925. The normalized spacial score (nSPS) is 19.7. The fourth-order valence-electron chi connectivity index (χ4n) is 4.59. The summed E-state index contributed by atoms with van der Waals surface area (Å²) in [5.74, 6) is -0.728. The molecule has 1 aliphatic heterocycles. The van der Waals surface area contributed by atoms with E-state index in [1.54, 1.807) is 4.90 Å². The van der Waals surface area contributed by atoms with Gasteiger partial charge >= 0.3 is 0 Å². The molecule has 5 heteroatoms. The van der Waals surface area contributed by atoms with Gasteiger partial charge in [-0.15, -0.1) is 0 Å². The fraction of sp³-hybridized carbons (Fsp3) is 0.440. The van der Waals surface area contributed by atoms with E-state index in [0.717, 1.165) is 31.2 Å². The zero-order valence-electron chi connectivity index (χ0n) is 17.5. The number of rotatable bonds is 4. The molecular weight excluding hydrogens is 379 g/mol. The summed E-state index contributed by atoms with van der Waals surface area (Å²) in [7, 11) is 0. The molecule has 2 aromatic carbocycles. The van der Waals surface area contributed by atoms with E-state index < -0.39 is 0 Å². The van der Waals surface area contributed by atoms with Crippen molar-refractivity contribution in [3.8, 4) is 0 Å². The lowest BCUT2D eigenvalue weighted by Crippen LogP contribution is -2.45. The van der Waals surface area contributed by atoms with Crippen molar-refractivity contribution in [2.24, 2.45) is 5.92 Å². The Kier molecular flexibility index (Phi) is 6.16. The number of benzene rings is 2. The first-order chi connectivity index (χ1) is 14.5. The minimum Gasteiger partial charge on any atom is -0.349 e. The van der Waals surface area contributed by atoms with Crippen molar-refractivity contribution >= 4 is 11.8 Å². The van der Waals surface area contributed by atoms with E-state index in [1.807, 2.05) is 6.92 Å². The predicted octanol–water partition coefficient (Wildman–Crippen LogP) is 4.43. The molecule has 1 fully saturated rings. The van der Waals surface area contributed by atoms with Crippen LogP contribution in [0.2, 0.25) is 0 Å². The molecule has 0 spiro atoms. The van der Waals surface area contributed by atoms with Crippen LogP contribution in [0.25, 0.3) is 0 Å². The van der Waals surface area contributed by atoms with E-state index in [0.29, 0.717) is 18.7 Å². The van der Waals surface area contributed by atoms with Crippen LogP contribution < -0.4 is 5.32 Å². The van der Waals surface area contributed by atoms with Gasteiger partial charge in [-0.25, -0.2) is 4.39 Å². The highest BCUT2D eigenvalue weighted by Crippen LogP contribution is 2.26. The number of amides is 2. The number of hydrogen-bond donors (Lipinski definition) is 1. The number of fused-ring (bicyclic) bond motifs is 1. The molecule has 1 heterocycles. The molecule has 30 heavy (non-hydrogen) atoms. The Morgan fingerprint density at radius 2 is 1.77 bits per heavy atom. The van der Waals surface area contributed by atoms with Crippen molar-refractivity contribution in [1.82, 2.24) is 10.2 Å². The molecule has 1 N–H and O–H groups in total. The van der Waals surface area contributed by atoms with Gasteiger partial charge in [0.15, 0.2) is 0 Å². The zero-order valence-corrected chi connectivity index (χ0v) is 17.5. The molecule has 1 saturated heterocycles. The maximum Gasteiger partial charge on any atom is 0.253 e. The molecule has 2 unspecified atom stereocenters. The summed E-state index contributed by atoms with van der Waals surface area (Å²) < 4.78 is 13.1. The molecule has 2 amide bonds. The summed E-state index contributed by atoms with van der Waals surface area (Å²) in [4.78, 5) is 27.4. The number of piperidine rings is 1. The molecule has 0 bridgehead atoms. The fourth-order valence-corrected chi connectivity index (χ4v) is 4.59. The quantitative estimate of drug-likeness (QED) is 0.813. The molecule has 2 aromatic rings. The van der Waals surface area contributed by atoms with Gasteiger partial charge in [0.2, 0.25) is 5.91 Å². The minimum absolute atomic E-state index is 0.00294. The summed E-state index contributed by atoms with van der Waals surface area (Å²) in [5, 5.41) is 3.15. The number of carbonyl (C=O) groups is 2. The average Bonchev–Trinajstić information content (AvgIpc) is 2.78. The van der Waals surface area contributed by atoms with Gasteiger partial charge in [-0.1, -0.05) is 18.2 Å². The van der Waals surface area contributed by atoms with Gasteiger partial charge in [0.1, 0.15) is 5.82 Å². The van der Waals surface area contributed by atoms with Gasteiger partial charge in [-0.3, -0.25) is 9.59 Å². The van der Waals surface area contributed by atoms with Crippen LogP contribution >= 0.6 is 0 Å². The van der Waals surface area contributed by atoms with Crippen LogP contribution in [0.5, 0.6) is 0 Å². The lowest BCUT2D eigenvalue weighted by molar-refractivity contribution is -0.127. The second-order valence-electron chi connectivity index (χ2n) is 8.56. The van der Waals surface area contributed by atoms with Gasteiger partial charge in [-0.2, -0.15) is 0 Å². The summed E-state index contributed by atoms with van der Waals surface area (Å²) in [5.41, 5.74) is 4.44. The average molecular weight is 409 g/mol. The highest BCUT2D eigenvalue weighted by Gasteiger charge is 2.29. The maximum absolute atomic E-state index is 13.1. The topological polar surface area (TPSA) is 49.4 Å². The maximum atomic E-state index is 13.1. The van der Waals surface area contributed by atoms with Crippen LogP contribution in [0, 0.1) is 11.7 Å². The second-order valence-corrected chi connectivity index (χ2v) is 8.56. The largest absolute Gasteiger partial charge is 0.349 e. The highest BCUT2D eigenvalue weighted by molar-refractivity contribution is 5.94. The number of halogens is 1. The summed E-state index contributed by atoms with van der Waals surface area (Å²) in [6.45, 7) is 3.05. The molecule has 2 atom stereocenters. The van der Waals surface area contributed by atoms with Crippen LogP contribution in [0.15, 0.2) is 42.5 Å². The molecule has 0 radical (unpaired) electrons. The van der Waals surface area contributed by atoms with Crippen molar-refractivity contribution in [1.29, 1.82) is 0 Å². The lowest BCUT2D eigenvalue weighted by Gasteiger charge is -2.33. The Hall–Kier alpha value is -2.69. The Balaban J connectivity index is 1.38. The number of carbonyl (C=O) groups excluding carboxylic acids is 2. The monoisotopic (exact) mass is 408 g/mol. The Morgan fingerprint density at radius 1 is 1.03 bits per heavy atom. The van der Waals surface area contributed by atoms with Crippen LogP contribution in [0.3, 0.4) is 0 Å². The Labute approximate surface area is 177 Å². The van der Waals surface area contributed by atoms with E-state index >= 15 is 0 Å². The van der Waals surface area contributed by atoms with Crippen molar-refractivity contribution in [2.45, 2.75) is 51.5 Å². The van der Waals surface area contributed by atoms with Crippen molar-refractivity contribution < 1.29 is 14.0 Å². The number of nitrogens with one attached hydrogen (secondary N) is 1. The second kappa shape index (κ2) is 8.99. The molecule has 1 aliphatic carbocycles. The van der Waals surface area contributed by atoms with Crippen molar-refractivity contribution in [3.05, 3.63) is 70.5 Å². The first-order valence-electron chi connectivity index (χ1n) is 11.0. The first-order valence-corrected chi connectivity index (χ1v) is 11.0. The molecule has 4 rings (SSSR count). The Morgan fingerprint density at radius 3 is 2.53 bits per heavy atom. The van der Waals surface area contributed by atoms with Crippen LogP contribution in [-0.4, -0.2) is 29.8 Å². The number of nitrogens with zero attached hydrogens (tertiary/aromatic N) is 1. The highest BCUT2D eigenvalue weighted by atomic mass is 19.1. The third-order valence-corrected chi connectivity index (χ3v) is 6.40. The molecule has 0 aromatic heterocycles. The van der Waals surface area contributed by atoms with Gasteiger partial charge in [0.05, 0.1) is 12.0 Å².